The van der Waals surface area contributed by atoms with Crippen LogP contribution in [0.1, 0.15) is 48.0 Å². The van der Waals surface area contributed by atoms with Crippen LogP contribution in [0, 0.1) is 11.3 Å². The van der Waals surface area contributed by atoms with Crippen molar-refractivity contribution in [3.63, 3.8) is 0 Å². The second-order valence-corrected chi connectivity index (χ2v) is 6.55. The van der Waals surface area contributed by atoms with Gasteiger partial charge in [-0.3, -0.25) is 4.79 Å². The van der Waals surface area contributed by atoms with Crippen LogP contribution in [0.5, 0.6) is 0 Å². The van der Waals surface area contributed by atoms with Crippen LogP contribution >= 0.6 is 0 Å². The molecule has 0 amide bonds. The topological polar surface area (TPSA) is 38.3 Å². The van der Waals surface area contributed by atoms with E-state index >= 15 is 0 Å². The highest BCUT2D eigenvalue weighted by molar-refractivity contribution is 5.75. The van der Waals surface area contributed by atoms with Crippen LogP contribution in [0.25, 0.3) is 0 Å². The summed E-state index contributed by atoms with van der Waals surface area (Å²) in [5, 5.41) is 3.25. The molecule has 0 aromatic heterocycles. The molecule has 1 rings (SSSR count). The predicted octanol–water partition coefficient (Wildman–Crippen LogP) is 2.35. The molecule has 1 N–H and O–H groups in total. The first-order chi connectivity index (χ1) is 7.12. The van der Waals surface area contributed by atoms with Gasteiger partial charge in [0, 0.05) is 0 Å². The molecule has 0 radical (unpaired) electrons. The fourth-order valence-corrected chi connectivity index (χ4v) is 1.72. The van der Waals surface area contributed by atoms with Crippen molar-refractivity contribution in [1.82, 2.24) is 5.32 Å². The van der Waals surface area contributed by atoms with Crippen molar-refractivity contribution in [3.05, 3.63) is 0 Å². The van der Waals surface area contributed by atoms with E-state index in [4.69, 9.17) is 4.74 Å². The maximum Gasteiger partial charge on any atom is 0.323 e. The zero-order valence-corrected chi connectivity index (χ0v) is 11.4. The van der Waals surface area contributed by atoms with Gasteiger partial charge in [0.2, 0.25) is 0 Å². The highest BCUT2D eigenvalue weighted by Crippen LogP contribution is 2.51. The molecule has 16 heavy (non-hydrogen) atoms. The summed E-state index contributed by atoms with van der Waals surface area (Å²) in [6.45, 7) is 13.0. The zero-order chi connectivity index (χ0) is 12.6. The van der Waals surface area contributed by atoms with Gasteiger partial charge in [0.15, 0.2) is 0 Å². The Morgan fingerprint density at radius 2 is 2.00 bits per heavy atom. The average molecular weight is 227 g/mol. The Labute approximate surface area is 98.9 Å². The molecule has 1 saturated carbocycles. The predicted molar refractivity (Wildman–Crippen MR) is 65.2 cm³/mol. The van der Waals surface area contributed by atoms with Crippen LogP contribution in [-0.4, -0.2) is 24.2 Å². The Morgan fingerprint density at radius 1 is 1.50 bits per heavy atom. The third kappa shape index (κ3) is 4.12. The summed E-state index contributed by atoms with van der Waals surface area (Å²) >= 11 is 0. The molecule has 2 atom stereocenters. The zero-order valence-electron chi connectivity index (χ0n) is 11.4. The van der Waals surface area contributed by atoms with E-state index in [0.717, 1.165) is 6.54 Å². The number of nitrogens with one attached hydrogen (secondary N) is 1. The van der Waals surface area contributed by atoms with Gasteiger partial charge in [0.05, 0.1) is 0 Å². The van der Waals surface area contributed by atoms with Gasteiger partial charge < -0.3 is 10.1 Å². The summed E-state index contributed by atoms with van der Waals surface area (Å²) in [6.07, 6.45) is 1.25. The first-order valence-electron chi connectivity index (χ1n) is 6.08. The van der Waals surface area contributed by atoms with E-state index in [1.165, 1.54) is 6.42 Å². The summed E-state index contributed by atoms with van der Waals surface area (Å²) in [4.78, 5) is 11.7. The first-order valence-corrected chi connectivity index (χ1v) is 6.08. The summed E-state index contributed by atoms with van der Waals surface area (Å²) in [6, 6.07) is -0.212. The van der Waals surface area contributed by atoms with Crippen LogP contribution in [0.4, 0.5) is 0 Å². The second-order valence-electron chi connectivity index (χ2n) is 6.55. The molecule has 1 aliphatic carbocycles. The summed E-state index contributed by atoms with van der Waals surface area (Å²) < 4.78 is 5.30. The third-order valence-electron chi connectivity index (χ3n) is 3.15. The highest BCUT2D eigenvalue weighted by Gasteiger charge is 2.45. The molecule has 3 heteroatoms. The minimum atomic E-state index is -0.397. The number of carbonyl (C=O) groups is 1. The Morgan fingerprint density at radius 3 is 2.38 bits per heavy atom. The smallest absolute Gasteiger partial charge is 0.323 e. The summed E-state index contributed by atoms with van der Waals surface area (Å²) in [5.41, 5.74) is 0.0620. The molecule has 0 spiro atoms. The molecule has 0 aromatic rings. The Bertz CT molecular complexity index is 266. The number of esters is 1. The Kier molecular flexibility index (Phi) is 3.68. The molecule has 3 nitrogen and oxygen atoms in total. The largest absolute Gasteiger partial charge is 0.459 e. The molecule has 1 fully saturated rings. The maximum atomic E-state index is 11.7. The van der Waals surface area contributed by atoms with E-state index in [1.807, 2.05) is 27.7 Å². The van der Waals surface area contributed by atoms with Gasteiger partial charge in [0.25, 0.3) is 0 Å². The van der Waals surface area contributed by atoms with Crippen LogP contribution in [0.2, 0.25) is 0 Å². The lowest BCUT2D eigenvalue weighted by atomic mass is 10.1. The van der Waals surface area contributed by atoms with Crippen molar-refractivity contribution in [3.8, 4) is 0 Å². The van der Waals surface area contributed by atoms with Crippen molar-refractivity contribution < 1.29 is 9.53 Å². The van der Waals surface area contributed by atoms with E-state index in [-0.39, 0.29) is 12.0 Å². The molecular formula is C13H25NO2. The molecule has 1 aliphatic rings. The molecule has 0 heterocycles. The molecule has 0 bridgehead atoms. The van der Waals surface area contributed by atoms with E-state index in [1.54, 1.807) is 0 Å². The molecule has 0 aromatic carbocycles. The maximum absolute atomic E-state index is 11.7. The fourth-order valence-electron chi connectivity index (χ4n) is 1.72. The van der Waals surface area contributed by atoms with Crippen molar-refractivity contribution >= 4 is 5.97 Å². The van der Waals surface area contributed by atoms with Crippen molar-refractivity contribution in [2.45, 2.75) is 59.6 Å². The van der Waals surface area contributed by atoms with Gasteiger partial charge in [-0.1, -0.05) is 13.8 Å². The quantitative estimate of drug-likeness (QED) is 0.749. The van der Waals surface area contributed by atoms with Gasteiger partial charge in [-0.25, -0.2) is 0 Å². The number of ether oxygens (including phenoxy) is 1. The first kappa shape index (κ1) is 13.5. The van der Waals surface area contributed by atoms with Crippen LogP contribution in [0.15, 0.2) is 0 Å². The van der Waals surface area contributed by atoms with E-state index < -0.39 is 5.60 Å². The molecular weight excluding hydrogens is 202 g/mol. The Hall–Kier alpha value is -0.570. The van der Waals surface area contributed by atoms with Crippen molar-refractivity contribution in [2.24, 2.45) is 11.3 Å². The summed E-state index contributed by atoms with van der Waals surface area (Å²) in [7, 11) is 0. The highest BCUT2D eigenvalue weighted by atomic mass is 16.6. The van der Waals surface area contributed by atoms with Crippen molar-refractivity contribution in [1.29, 1.82) is 0 Å². The summed E-state index contributed by atoms with van der Waals surface area (Å²) in [5.74, 6) is 0.545. The normalized spacial score (nSPS) is 25.0. The van der Waals surface area contributed by atoms with Gasteiger partial charge in [0.1, 0.15) is 11.6 Å². The number of carbonyl (C=O) groups excluding carboxylic acids is 1. The second kappa shape index (κ2) is 4.36. The van der Waals surface area contributed by atoms with Gasteiger partial charge in [-0.15, -0.1) is 0 Å². The third-order valence-corrected chi connectivity index (χ3v) is 3.15. The van der Waals surface area contributed by atoms with Gasteiger partial charge in [-0.2, -0.15) is 0 Å². The number of rotatable bonds is 4. The minimum Gasteiger partial charge on any atom is -0.459 e. The van der Waals surface area contributed by atoms with Crippen LogP contribution < -0.4 is 5.32 Å². The molecule has 94 valence electrons. The van der Waals surface area contributed by atoms with E-state index in [2.05, 4.69) is 19.2 Å². The fraction of sp³-hybridized carbons (Fsp3) is 0.923. The molecule has 0 aliphatic heterocycles. The van der Waals surface area contributed by atoms with E-state index in [9.17, 15) is 4.79 Å². The lowest BCUT2D eigenvalue weighted by molar-refractivity contribution is -0.156. The van der Waals surface area contributed by atoms with Gasteiger partial charge >= 0.3 is 5.97 Å². The average Bonchev–Trinajstić information content (AvgIpc) is 2.67. The lowest BCUT2D eigenvalue weighted by Crippen LogP contribution is -2.40. The molecule has 2 unspecified atom stereocenters. The van der Waals surface area contributed by atoms with Crippen molar-refractivity contribution in [2.75, 3.05) is 6.54 Å². The Balaban J connectivity index is 2.25. The van der Waals surface area contributed by atoms with Crippen LogP contribution in [-0.2, 0) is 9.53 Å². The number of hydrogen-bond acceptors (Lipinski definition) is 3. The number of hydrogen-bond donors (Lipinski definition) is 1. The standard InChI is InChI=1S/C13H25NO2/c1-9(11(15)16-12(2,3)4)14-8-10-7-13(10,5)6/h9-10,14H,7-8H2,1-6H3. The minimum absolute atomic E-state index is 0.161. The van der Waals surface area contributed by atoms with E-state index in [0.29, 0.717) is 11.3 Å². The van der Waals surface area contributed by atoms with Crippen LogP contribution in [0.3, 0.4) is 0 Å². The SMILES string of the molecule is CC(NCC1CC1(C)C)C(=O)OC(C)(C)C. The molecule has 0 saturated heterocycles. The lowest BCUT2D eigenvalue weighted by Gasteiger charge is -2.22. The van der Waals surface area contributed by atoms with Gasteiger partial charge in [-0.05, 0) is 52.0 Å². The monoisotopic (exact) mass is 227 g/mol.